The molecule has 1 aliphatic rings. The highest BCUT2D eigenvalue weighted by molar-refractivity contribution is 7.07. The first kappa shape index (κ1) is 25.0. The van der Waals surface area contributed by atoms with Crippen LogP contribution in [0.1, 0.15) is 60.7 Å². The van der Waals surface area contributed by atoms with Gasteiger partial charge in [-0.05, 0) is 49.5 Å². The fourth-order valence-corrected chi connectivity index (χ4v) is 6.28. The van der Waals surface area contributed by atoms with Gasteiger partial charge in [-0.1, -0.05) is 67.6 Å². The Kier molecular flexibility index (Phi) is 6.28. The van der Waals surface area contributed by atoms with Crippen LogP contribution in [-0.2, 0) is 16.6 Å². The summed E-state index contributed by atoms with van der Waals surface area (Å²) in [7, 11) is 3.41. The second kappa shape index (κ2) is 9.30. The van der Waals surface area contributed by atoms with E-state index in [9.17, 15) is 9.59 Å². The average molecular weight is 514 g/mol. The number of esters is 1. The van der Waals surface area contributed by atoms with Crippen LogP contribution in [0.5, 0.6) is 0 Å². The molecule has 0 unspecified atom stereocenters. The normalized spacial score (nSPS) is 15.9. The van der Waals surface area contributed by atoms with Gasteiger partial charge in [-0.25, -0.2) is 9.79 Å². The van der Waals surface area contributed by atoms with Crippen LogP contribution in [0.4, 0.5) is 0 Å². The first-order valence-corrected chi connectivity index (χ1v) is 13.2. The lowest BCUT2D eigenvalue weighted by molar-refractivity contribution is -0.136. The van der Waals surface area contributed by atoms with Gasteiger partial charge in [0.05, 0.1) is 34.5 Å². The molecule has 0 amide bonds. The molecule has 1 atom stereocenters. The van der Waals surface area contributed by atoms with E-state index in [1.807, 2.05) is 24.3 Å². The van der Waals surface area contributed by atoms with Crippen LogP contribution < -0.4 is 14.9 Å². The number of carbonyl (C=O) groups excluding carboxylic acids is 1. The summed E-state index contributed by atoms with van der Waals surface area (Å²) in [6.07, 6.45) is 1.97. The van der Waals surface area contributed by atoms with Gasteiger partial charge in [0.1, 0.15) is 0 Å². The van der Waals surface area contributed by atoms with Crippen LogP contribution >= 0.6 is 11.3 Å². The molecule has 0 saturated carbocycles. The smallest absolute Gasteiger partial charge is 0.338 e. The topological polar surface area (TPSA) is 65.6 Å². The summed E-state index contributed by atoms with van der Waals surface area (Å²) < 4.78 is 9.53. The second-order valence-electron chi connectivity index (χ2n) is 9.92. The molecule has 6 nitrogen and oxygen atoms in total. The third-order valence-corrected chi connectivity index (χ3v) is 8.36. The van der Waals surface area contributed by atoms with Crippen LogP contribution in [0.3, 0.4) is 0 Å². The fourth-order valence-electron chi connectivity index (χ4n) is 5.25. The molecule has 0 spiro atoms. The van der Waals surface area contributed by atoms with Crippen LogP contribution in [-0.4, -0.2) is 22.2 Å². The first-order valence-electron chi connectivity index (χ1n) is 12.4. The standard InChI is InChI=1S/C30H31N3O3S/c1-16(2)20-11-13-21(14-12-20)27-25(29(35)36-7)18(4)31-30-33(27)28(34)24(37-30)15-23-19(5)32(6)26-17(3)9-8-10-22(23)26/h8-16,27H,1-7H3/b24-15-/t27-/m1/s1. The van der Waals surface area contributed by atoms with E-state index < -0.39 is 12.0 Å². The maximum absolute atomic E-state index is 14.0. The number of rotatable bonds is 4. The Morgan fingerprint density at radius 2 is 1.81 bits per heavy atom. The van der Waals surface area contributed by atoms with Crippen molar-refractivity contribution in [3.8, 4) is 0 Å². The van der Waals surface area contributed by atoms with E-state index in [1.165, 1.54) is 29.6 Å². The molecule has 0 N–H and O–H groups in total. The molecule has 37 heavy (non-hydrogen) atoms. The Bertz CT molecular complexity index is 1770. The van der Waals surface area contributed by atoms with Gasteiger partial charge in [0.2, 0.25) is 0 Å². The molecule has 0 bridgehead atoms. The lowest BCUT2D eigenvalue weighted by Gasteiger charge is -2.24. The number of methoxy groups -OCH3 is 1. The van der Waals surface area contributed by atoms with Crippen LogP contribution in [0.15, 0.2) is 63.5 Å². The zero-order valence-electron chi connectivity index (χ0n) is 22.2. The van der Waals surface area contributed by atoms with E-state index in [1.54, 1.807) is 11.5 Å². The number of aryl methyl sites for hydroxylation is 2. The highest BCUT2D eigenvalue weighted by atomic mass is 32.1. The predicted molar refractivity (Wildman–Crippen MR) is 149 cm³/mol. The molecular weight excluding hydrogens is 482 g/mol. The van der Waals surface area contributed by atoms with E-state index in [-0.39, 0.29) is 5.56 Å². The number of aromatic nitrogens is 2. The molecule has 190 valence electrons. The minimum atomic E-state index is -0.608. The zero-order chi connectivity index (χ0) is 26.6. The zero-order valence-corrected chi connectivity index (χ0v) is 23.1. The number of nitrogens with zero attached hydrogens (tertiary/aromatic N) is 3. The van der Waals surface area contributed by atoms with Gasteiger partial charge in [-0.15, -0.1) is 0 Å². The highest BCUT2D eigenvalue weighted by Crippen LogP contribution is 2.32. The molecule has 0 radical (unpaired) electrons. The first-order chi connectivity index (χ1) is 17.6. The van der Waals surface area contributed by atoms with Crippen molar-refractivity contribution in [3.63, 3.8) is 0 Å². The lowest BCUT2D eigenvalue weighted by Crippen LogP contribution is -2.39. The number of fused-ring (bicyclic) bond motifs is 2. The molecule has 2 aromatic carbocycles. The molecule has 0 saturated heterocycles. The van der Waals surface area contributed by atoms with Gasteiger partial charge < -0.3 is 9.30 Å². The van der Waals surface area contributed by atoms with Crippen LogP contribution in [0.2, 0.25) is 0 Å². The third-order valence-electron chi connectivity index (χ3n) is 7.38. The summed E-state index contributed by atoms with van der Waals surface area (Å²) in [5.41, 5.74) is 7.28. The van der Waals surface area contributed by atoms with Crippen molar-refractivity contribution in [2.45, 2.75) is 46.6 Å². The van der Waals surface area contributed by atoms with E-state index >= 15 is 0 Å². The monoisotopic (exact) mass is 513 g/mol. The van der Waals surface area contributed by atoms with Gasteiger partial charge in [0, 0.05) is 23.7 Å². The van der Waals surface area contributed by atoms with Gasteiger partial charge in [-0.3, -0.25) is 9.36 Å². The Hall–Kier alpha value is -3.71. The Labute approximate surface area is 219 Å². The van der Waals surface area contributed by atoms with E-state index in [0.29, 0.717) is 26.5 Å². The number of allylic oxidation sites excluding steroid dienone is 1. The minimum Gasteiger partial charge on any atom is -0.466 e. The molecule has 3 heterocycles. The van der Waals surface area contributed by atoms with Crippen LogP contribution in [0, 0.1) is 13.8 Å². The maximum Gasteiger partial charge on any atom is 0.338 e. The summed E-state index contributed by atoms with van der Waals surface area (Å²) in [4.78, 5) is 32.1. The van der Waals surface area contributed by atoms with Crippen molar-refractivity contribution in [3.05, 3.63) is 101 Å². The lowest BCUT2D eigenvalue weighted by atomic mass is 9.93. The molecule has 5 rings (SSSR count). The summed E-state index contributed by atoms with van der Waals surface area (Å²) >= 11 is 1.35. The Balaban J connectivity index is 1.77. The van der Waals surface area contributed by atoms with Gasteiger partial charge in [0.25, 0.3) is 5.56 Å². The van der Waals surface area contributed by atoms with Gasteiger partial charge >= 0.3 is 5.97 Å². The molecule has 7 heteroatoms. The van der Waals surface area contributed by atoms with E-state index in [0.717, 1.165) is 27.7 Å². The van der Waals surface area contributed by atoms with Crippen molar-refractivity contribution >= 4 is 34.3 Å². The molecular formula is C30H31N3O3S. The summed E-state index contributed by atoms with van der Waals surface area (Å²) in [6, 6.07) is 13.7. The summed E-state index contributed by atoms with van der Waals surface area (Å²) in [5, 5.41) is 1.11. The molecule has 1 aliphatic heterocycles. The average Bonchev–Trinajstić information content (AvgIpc) is 3.31. The van der Waals surface area contributed by atoms with Gasteiger partial charge in [0.15, 0.2) is 4.80 Å². The molecule has 2 aromatic heterocycles. The fraction of sp³-hybridized carbons (Fsp3) is 0.300. The number of benzene rings is 2. The number of ether oxygens (including phenoxy) is 1. The number of thiazole rings is 1. The SMILES string of the molecule is COC(=O)C1=C(C)N=c2s/c(=C\c3c(C)n(C)c4c(C)cccc34)c(=O)n2[C@@H]1c1ccc(C(C)C)cc1. The van der Waals surface area contributed by atoms with Crippen molar-refractivity contribution in [1.29, 1.82) is 0 Å². The molecule has 4 aromatic rings. The second-order valence-corrected chi connectivity index (χ2v) is 10.9. The largest absolute Gasteiger partial charge is 0.466 e. The molecule has 0 aliphatic carbocycles. The quantitative estimate of drug-likeness (QED) is 0.374. The highest BCUT2D eigenvalue weighted by Gasteiger charge is 2.33. The van der Waals surface area contributed by atoms with E-state index in [4.69, 9.17) is 4.74 Å². The maximum atomic E-state index is 14.0. The third kappa shape index (κ3) is 3.98. The van der Waals surface area contributed by atoms with Crippen LogP contribution in [0.25, 0.3) is 17.0 Å². The number of para-hydroxylation sites is 1. The number of hydrogen-bond acceptors (Lipinski definition) is 5. The number of hydrogen-bond donors (Lipinski definition) is 0. The predicted octanol–water partition coefficient (Wildman–Crippen LogP) is 4.64. The Morgan fingerprint density at radius 1 is 1.11 bits per heavy atom. The minimum absolute atomic E-state index is 0.167. The van der Waals surface area contributed by atoms with Gasteiger partial charge in [-0.2, -0.15) is 0 Å². The van der Waals surface area contributed by atoms with E-state index in [2.05, 4.69) is 68.6 Å². The van der Waals surface area contributed by atoms with Crippen molar-refractivity contribution < 1.29 is 9.53 Å². The number of carbonyl (C=O) groups is 1. The van der Waals surface area contributed by atoms with Crippen molar-refractivity contribution in [1.82, 2.24) is 9.13 Å². The van der Waals surface area contributed by atoms with Crippen molar-refractivity contribution in [2.24, 2.45) is 12.0 Å². The Morgan fingerprint density at radius 3 is 2.46 bits per heavy atom. The van der Waals surface area contributed by atoms with Crippen molar-refractivity contribution in [2.75, 3.05) is 7.11 Å². The summed E-state index contributed by atoms with van der Waals surface area (Å²) in [5.74, 6) is -0.102. The molecule has 0 fully saturated rings. The summed E-state index contributed by atoms with van der Waals surface area (Å²) in [6.45, 7) is 10.2.